The summed E-state index contributed by atoms with van der Waals surface area (Å²) in [6.07, 6.45) is 4.88. The minimum atomic E-state index is -1.63. The van der Waals surface area contributed by atoms with Crippen LogP contribution in [-0.4, -0.2) is 107 Å². The van der Waals surface area contributed by atoms with Crippen LogP contribution < -0.4 is 15.5 Å². The number of halogens is 1. The molecule has 4 aliphatic heterocycles. The zero-order valence-corrected chi connectivity index (χ0v) is 34.7. The summed E-state index contributed by atoms with van der Waals surface area (Å²) < 4.78 is 20.7. The normalized spacial score (nSPS) is 19.4. The third-order valence-electron chi connectivity index (χ3n) is 13.0. The van der Waals surface area contributed by atoms with Crippen LogP contribution in [0.4, 0.5) is 4.39 Å². The van der Waals surface area contributed by atoms with Gasteiger partial charge in [-0.2, -0.15) is 0 Å². The molecule has 0 aliphatic carbocycles. The van der Waals surface area contributed by atoms with Gasteiger partial charge in [-0.15, -0.1) is 11.3 Å². The second-order valence-electron chi connectivity index (χ2n) is 16.8. The van der Waals surface area contributed by atoms with Crippen molar-refractivity contribution in [3.8, 4) is 16.2 Å². The Morgan fingerprint density at radius 2 is 1.54 bits per heavy atom. The zero-order chi connectivity index (χ0) is 42.2. The second kappa shape index (κ2) is 17.6. The summed E-state index contributed by atoms with van der Waals surface area (Å²) in [5.41, 5.74) is 4.93. The first-order valence-corrected chi connectivity index (χ1v) is 22.1. The van der Waals surface area contributed by atoms with Crippen LogP contribution in [0, 0.1) is 11.7 Å². The van der Waals surface area contributed by atoms with Crippen molar-refractivity contribution < 1.29 is 38.4 Å². The maximum Gasteiger partial charge on any atom is 0.488 e. The van der Waals surface area contributed by atoms with Crippen molar-refractivity contribution in [2.45, 2.75) is 57.0 Å². The first-order valence-electron chi connectivity index (χ1n) is 21.3. The summed E-state index contributed by atoms with van der Waals surface area (Å²) in [7, 11) is -1.63. The van der Waals surface area contributed by atoms with Crippen molar-refractivity contribution in [1.29, 1.82) is 0 Å². The van der Waals surface area contributed by atoms with Gasteiger partial charge in [0.15, 0.2) is 5.78 Å². The Morgan fingerprint density at radius 3 is 2.23 bits per heavy atom. The summed E-state index contributed by atoms with van der Waals surface area (Å²) in [4.78, 5) is 58.7. The monoisotopic (exact) mass is 842 g/mol. The van der Waals surface area contributed by atoms with Crippen molar-refractivity contribution in [3.05, 3.63) is 119 Å². The van der Waals surface area contributed by atoms with Crippen LogP contribution >= 0.6 is 11.3 Å². The van der Waals surface area contributed by atoms with Gasteiger partial charge in [0.25, 0.3) is 5.91 Å². The lowest BCUT2D eigenvalue weighted by Crippen LogP contribution is -2.52. The number of nitrogens with zero attached hydrogens (tertiary/aromatic N) is 3. The zero-order valence-electron chi connectivity index (χ0n) is 33.9. The Hall–Kier alpha value is -5.25. The molecule has 0 spiro atoms. The first kappa shape index (κ1) is 41.1. The highest BCUT2D eigenvalue weighted by atomic mass is 32.1. The molecule has 3 fully saturated rings. The summed E-state index contributed by atoms with van der Waals surface area (Å²) in [6, 6.07) is 23.8. The highest BCUT2D eigenvalue weighted by Crippen LogP contribution is 2.40. The molecule has 1 unspecified atom stereocenters. The minimum absolute atomic E-state index is 0.129. The van der Waals surface area contributed by atoms with Gasteiger partial charge in [-0.3, -0.25) is 24.5 Å². The lowest BCUT2D eigenvalue weighted by Gasteiger charge is -2.36. The molecule has 14 heteroatoms. The SMILES string of the molecule is O=C1CCC(N2Cc3cc(C4CCN(CCN5CCC(COc6ccc(C(=O)c7c(-c8ccc(F)cc8)sc8cc(B(O)O)ccc78)cc6)CC5)CC4)ccc3C2=O)C(=O)N1. The largest absolute Gasteiger partial charge is 0.493 e. The Labute approximate surface area is 358 Å². The standard InChI is InChI=1S/C47H48BFN4O7S/c49-36-7-1-32(2-8-36)45-43(39-12-6-35(48(58)59)26-41(39)61-45)44(55)31-3-9-37(10-4-31)60-28-29-15-19-51(20-16-29)23-24-52-21-17-30(18-22-52)33-5-11-38-34(25-33)27-53(47(38)57)40-13-14-42(54)50-46(40)56/h1-12,25-26,29-30,40,58-59H,13-24,27-28H2,(H,50,54,56). The van der Waals surface area contributed by atoms with Gasteiger partial charge in [0.1, 0.15) is 17.6 Å². The Kier molecular flexibility index (Phi) is 11.9. The van der Waals surface area contributed by atoms with Crippen LogP contribution in [0.15, 0.2) is 84.9 Å². The van der Waals surface area contributed by atoms with E-state index in [1.807, 2.05) is 18.2 Å². The van der Waals surface area contributed by atoms with Crippen LogP contribution in [0.5, 0.6) is 5.75 Å². The predicted molar refractivity (Wildman–Crippen MR) is 232 cm³/mol. The summed E-state index contributed by atoms with van der Waals surface area (Å²) in [6.45, 7) is 7.24. The summed E-state index contributed by atoms with van der Waals surface area (Å²) >= 11 is 1.36. The molecule has 1 atom stereocenters. The number of ketones is 1. The molecule has 11 nitrogen and oxygen atoms in total. The van der Waals surface area contributed by atoms with Crippen LogP contribution in [0.2, 0.25) is 0 Å². The molecule has 3 amide bonds. The average Bonchev–Trinajstić information content (AvgIpc) is 3.82. The van der Waals surface area contributed by atoms with Gasteiger partial charge >= 0.3 is 7.12 Å². The molecule has 0 saturated carbocycles. The number of likely N-dealkylation sites (tertiary alicyclic amines) is 2. The van der Waals surface area contributed by atoms with Gasteiger partial charge < -0.3 is 29.5 Å². The van der Waals surface area contributed by atoms with E-state index in [4.69, 9.17) is 4.74 Å². The van der Waals surface area contributed by atoms with E-state index >= 15 is 0 Å². The van der Waals surface area contributed by atoms with E-state index in [0.29, 0.717) is 75.1 Å². The molecule has 3 saturated heterocycles. The number of hydrogen-bond acceptors (Lipinski definition) is 10. The number of ether oxygens (including phenoxy) is 1. The lowest BCUT2D eigenvalue weighted by atomic mass is 9.80. The number of imide groups is 1. The van der Waals surface area contributed by atoms with E-state index in [1.165, 1.54) is 29.0 Å². The second-order valence-corrected chi connectivity index (χ2v) is 17.9. The summed E-state index contributed by atoms with van der Waals surface area (Å²) in [5, 5.41) is 22.5. The van der Waals surface area contributed by atoms with Crippen molar-refractivity contribution in [1.82, 2.24) is 20.0 Å². The number of carbonyl (C=O) groups is 4. The molecule has 5 aromatic rings. The third-order valence-corrected chi connectivity index (χ3v) is 14.2. The average molecular weight is 843 g/mol. The van der Waals surface area contributed by atoms with E-state index in [1.54, 1.807) is 47.4 Å². The molecule has 1 aromatic heterocycles. The van der Waals surface area contributed by atoms with E-state index in [9.17, 15) is 33.6 Å². The van der Waals surface area contributed by atoms with Crippen molar-refractivity contribution in [2.75, 3.05) is 45.9 Å². The minimum Gasteiger partial charge on any atom is -0.493 e. The Bertz CT molecular complexity index is 2460. The predicted octanol–water partition coefficient (Wildman–Crippen LogP) is 5.35. The number of fused-ring (bicyclic) bond motifs is 2. The maximum absolute atomic E-state index is 14.0. The molecule has 61 heavy (non-hydrogen) atoms. The van der Waals surface area contributed by atoms with E-state index in [0.717, 1.165) is 75.2 Å². The molecule has 4 aliphatic rings. The topological polar surface area (TPSA) is 140 Å². The number of thiophene rings is 1. The van der Waals surface area contributed by atoms with Crippen molar-refractivity contribution in [3.63, 3.8) is 0 Å². The van der Waals surface area contributed by atoms with Gasteiger partial charge in [0.05, 0.1) is 6.61 Å². The highest BCUT2D eigenvalue weighted by Gasteiger charge is 2.39. The van der Waals surface area contributed by atoms with Gasteiger partial charge in [0.2, 0.25) is 11.8 Å². The van der Waals surface area contributed by atoms with Crippen LogP contribution in [0.25, 0.3) is 20.5 Å². The maximum atomic E-state index is 14.0. The molecular formula is C47H48BFN4O7S. The number of carbonyl (C=O) groups excluding carboxylic acids is 4. The van der Waals surface area contributed by atoms with Gasteiger partial charge in [-0.05, 0) is 141 Å². The fourth-order valence-electron chi connectivity index (χ4n) is 9.36. The number of piperidine rings is 3. The molecule has 5 heterocycles. The Balaban J connectivity index is 0.725. The van der Waals surface area contributed by atoms with E-state index < -0.39 is 13.2 Å². The smallest absolute Gasteiger partial charge is 0.488 e. The number of hydrogen-bond donors (Lipinski definition) is 3. The van der Waals surface area contributed by atoms with Gasteiger partial charge in [0, 0.05) is 57.7 Å². The van der Waals surface area contributed by atoms with E-state index in [-0.39, 0.29) is 35.7 Å². The fraction of sp³-hybridized carbons (Fsp3) is 0.362. The van der Waals surface area contributed by atoms with E-state index in [2.05, 4.69) is 27.2 Å². The molecule has 3 N–H and O–H groups in total. The van der Waals surface area contributed by atoms with Crippen molar-refractivity contribution >= 4 is 57.5 Å². The lowest BCUT2D eigenvalue weighted by molar-refractivity contribution is -0.136. The number of nitrogens with one attached hydrogen (secondary N) is 1. The molecular weight excluding hydrogens is 794 g/mol. The van der Waals surface area contributed by atoms with Crippen LogP contribution in [0.3, 0.4) is 0 Å². The molecule has 4 aromatic carbocycles. The van der Waals surface area contributed by atoms with Gasteiger partial charge in [-0.1, -0.05) is 36.4 Å². The Morgan fingerprint density at radius 1 is 0.836 bits per heavy atom. The molecule has 0 radical (unpaired) electrons. The summed E-state index contributed by atoms with van der Waals surface area (Å²) in [5.74, 6) is 0.264. The number of benzene rings is 4. The number of amides is 3. The van der Waals surface area contributed by atoms with Gasteiger partial charge in [-0.25, -0.2) is 4.39 Å². The van der Waals surface area contributed by atoms with Crippen LogP contribution in [0.1, 0.15) is 81.8 Å². The number of rotatable bonds is 12. The molecule has 314 valence electrons. The molecule has 0 bridgehead atoms. The fourth-order valence-corrected chi connectivity index (χ4v) is 10.6. The first-order chi connectivity index (χ1) is 29.6. The van der Waals surface area contributed by atoms with Crippen LogP contribution in [-0.2, 0) is 16.1 Å². The quantitative estimate of drug-likeness (QED) is 0.0863. The highest BCUT2D eigenvalue weighted by molar-refractivity contribution is 7.23. The van der Waals surface area contributed by atoms with Crippen molar-refractivity contribution in [2.24, 2.45) is 5.92 Å². The molecule has 9 rings (SSSR count). The third kappa shape index (κ3) is 8.78.